The number of hydrogen-bond donors (Lipinski definition) is 1. The smallest absolute Gasteiger partial charge is 0.293 e. The Kier molecular flexibility index (Phi) is 7.59. The van der Waals surface area contributed by atoms with Gasteiger partial charge in [-0.25, -0.2) is 0 Å². The second-order valence-electron chi connectivity index (χ2n) is 9.79. The van der Waals surface area contributed by atoms with Crippen LogP contribution in [0.4, 0.5) is 17.1 Å². The highest BCUT2D eigenvalue weighted by Crippen LogP contribution is 2.34. The van der Waals surface area contributed by atoms with Crippen molar-refractivity contribution in [1.29, 1.82) is 0 Å². The van der Waals surface area contributed by atoms with E-state index < -0.39 is 10.8 Å². The summed E-state index contributed by atoms with van der Waals surface area (Å²) in [4.78, 5) is 40.3. The van der Waals surface area contributed by atoms with Crippen molar-refractivity contribution in [2.24, 2.45) is 11.8 Å². The number of rotatable bonds is 6. The van der Waals surface area contributed by atoms with Crippen molar-refractivity contribution in [1.82, 2.24) is 4.90 Å². The lowest BCUT2D eigenvalue weighted by molar-refractivity contribution is -0.384. The molecule has 0 saturated carbocycles. The van der Waals surface area contributed by atoms with Crippen LogP contribution < -0.4 is 10.2 Å². The molecule has 1 aliphatic rings. The summed E-state index contributed by atoms with van der Waals surface area (Å²) >= 11 is 0. The Balaban J connectivity index is 1.75. The molecule has 182 valence electrons. The number of amides is 2. The number of nitro benzene ring substituents is 1. The van der Waals surface area contributed by atoms with Crippen LogP contribution in [0.3, 0.4) is 0 Å². The van der Waals surface area contributed by atoms with Crippen molar-refractivity contribution in [3.05, 3.63) is 62.7 Å². The first-order valence-corrected chi connectivity index (χ1v) is 11.6. The van der Waals surface area contributed by atoms with Crippen LogP contribution in [0, 0.1) is 42.7 Å². The van der Waals surface area contributed by atoms with Gasteiger partial charge >= 0.3 is 0 Å². The standard InChI is InChI=1S/C26H34N4O4/c1-16-10-19(4)25(20(5)11-16)27-24(31)15-28(6)26(32)21-7-8-22(23(12-21)30(33)34)29-13-17(2)9-18(3)14-29/h7-8,10-12,17-18H,9,13-15H2,1-6H3,(H,27,31). The number of benzene rings is 2. The van der Waals surface area contributed by atoms with Gasteiger partial charge in [0.25, 0.3) is 11.6 Å². The molecule has 1 fully saturated rings. The fraction of sp³-hybridized carbons (Fsp3) is 0.462. The van der Waals surface area contributed by atoms with Crippen molar-refractivity contribution in [3.8, 4) is 0 Å². The molecule has 0 radical (unpaired) electrons. The Morgan fingerprint density at radius 3 is 2.24 bits per heavy atom. The quantitative estimate of drug-likeness (QED) is 0.491. The summed E-state index contributed by atoms with van der Waals surface area (Å²) in [6.07, 6.45) is 1.09. The second-order valence-corrected chi connectivity index (χ2v) is 9.79. The van der Waals surface area contributed by atoms with Crippen LogP contribution in [-0.4, -0.2) is 48.3 Å². The predicted octanol–water partition coefficient (Wildman–Crippen LogP) is 4.71. The van der Waals surface area contributed by atoms with Crippen LogP contribution in [0.2, 0.25) is 0 Å². The fourth-order valence-electron chi connectivity index (χ4n) is 4.99. The van der Waals surface area contributed by atoms with Crippen molar-refractivity contribution in [2.45, 2.75) is 41.0 Å². The monoisotopic (exact) mass is 466 g/mol. The van der Waals surface area contributed by atoms with E-state index in [9.17, 15) is 19.7 Å². The molecule has 1 N–H and O–H groups in total. The van der Waals surface area contributed by atoms with Crippen LogP contribution >= 0.6 is 0 Å². The number of aryl methyl sites for hydroxylation is 3. The molecule has 2 aromatic rings. The summed E-state index contributed by atoms with van der Waals surface area (Å²) in [5.74, 6) is 0.112. The molecule has 0 aromatic heterocycles. The minimum Gasteiger partial charge on any atom is -0.365 e. The minimum atomic E-state index is -0.442. The summed E-state index contributed by atoms with van der Waals surface area (Å²) in [6.45, 7) is 11.5. The molecule has 3 rings (SSSR count). The molecule has 34 heavy (non-hydrogen) atoms. The highest BCUT2D eigenvalue weighted by atomic mass is 16.6. The third-order valence-electron chi connectivity index (χ3n) is 6.30. The molecule has 0 bridgehead atoms. The number of nitro groups is 1. The van der Waals surface area contributed by atoms with E-state index in [-0.39, 0.29) is 23.7 Å². The maximum atomic E-state index is 13.0. The number of nitrogens with one attached hydrogen (secondary N) is 1. The number of hydrogen-bond acceptors (Lipinski definition) is 5. The van der Waals surface area contributed by atoms with Gasteiger partial charge in [-0.05, 0) is 62.3 Å². The Hall–Kier alpha value is -3.42. The topological polar surface area (TPSA) is 95.8 Å². The van der Waals surface area contributed by atoms with Gasteiger partial charge in [-0.2, -0.15) is 0 Å². The Bertz CT molecular complexity index is 1080. The molecule has 1 aliphatic heterocycles. The summed E-state index contributed by atoms with van der Waals surface area (Å²) in [5, 5.41) is 14.7. The molecule has 1 heterocycles. The third kappa shape index (κ3) is 5.73. The predicted molar refractivity (Wildman–Crippen MR) is 134 cm³/mol. The van der Waals surface area contributed by atoms with Gasteiger partial charge in [0.15, 0.2) is 0 Å². The third-order valence-corrected chi connectivity index (χ3v) is 6.30. The van der Waals surface area contributed by atoms with Gasteiger partial charge < -0.3 is 15.1 Å². The average Bonchev–Trinajstić information content (AvgIpc) is 2.74. The lowest BCUT2D eigenvalue weighted by Gasteiger charge is -2.36. The van der Waals surface area contributed by atoms with E-state index in [0.717, 1.165) is 41.9 Å². The van der Waals surface area contributed by atoms with Crippen molar-refractivity contribution < 1.29 is 14.5 Å². The normalized spacial score (nSPS) is 17.9. The fourth-order valence-corrected chi connectivity index (χ4v) is 4.99. The number of carbonyl (C=O) groups is 2. The summed E-state index contributed by atoms with van der Waals surface area (Å²) in [6, 6.07) is 8.56. The van der Waals surface area contributed by atoms with Crippen LogP contribution in [-0.2, 0) is 4.79 Å². The highest BCUT2D eigenvalue weighted by Gasteiger charge is 2.28. The number of nitrogens with zero attached hydrogens (tertiary/aromatic N) is 3. The number of likely N-dealkylation sites (N-methyl/N-ethyl adjacent to an activating group) is 1. The summed E-state index contributed by atoms with van der Waals surface area (Å²) in [5.41, 5.74) is 4.38. The van der Waals surface area contributed by atoms with E-state index in [1.165, 1.54) is 18.0 Å². The zero-order chi connectivity index (χ0) is 25.2. The molecule has 2 aromatic carbocycles. The van der Waals surface area contributed by atoms with Gasteiger partial charge in [-0.15, -0.1) is 0 Å². The minimum absolute atomic E-state index is 0.0871. The maximum Gasteiger partial charge on any atom is 0.293 e. The number of anilines is 2. The lowest BCUT2D eigenvalue weighted by Crippen LogP contribution is -2.39. The lowest BCUT2D eigenvalue weighted by atomic mass is 9.91. The van der Waals surface area contributed by atoms with Crippen molar-refractivity contribution >= 4 is 28.9 Å². The molecular weight excluding hydrogens is 432 g/mol. The van der Waals surface area contributed by atoms with E-state index >= 15 is 0 Å². The number of carbonyl (C=O) groups excluding carboxylic acids is 2. The molecule has 0 aliphatic carbocycles. The van der Waals surface area contributed by atoms with Crippen LogP contribution in [0.5, 0.6) is 0 Å². The largest absolute Gasteiger partial charge is 0.365 e. The van der Waals surface area contributed by atoms with Gasteiger partial charge in [-0.3, -0.25) is 19.7 Å². The van der Waals surface area contributed by atoms with E-state index in [0.29, 0.717) is 17.5 Å². The zero-order valence-electron chi connectivity index (χ0n) is 20.8. The van der Waals surface area contributed by atoms with Crippen LogP contribution in [0.25, 0.3) is 0 Å². The summed E-state index contributed by atoms with van der Waals surface area (Å²) < 4.78 is 0. The van der Waals surface area contributed by atoms with Gasteiger partial charge in [0, 0.05) is 37.5 Å². The Morgan fingerprint density at radius 2 is 1.68 bits per heavy atom. The van der Waals surface area contributed by atoms with Gasteiger partial charge in [0.05, 0.1) is 11.5 Å². The van der Waals surface area contributed by atoms with E-state index in [4.69, 9.17) is 0 Å². The molecule has 1 saturated heterocycles. The molecule has 8 heteroatoms. The van der Waals surface area contributed by atoms with E-state index in [2.05, 4.69) is 19.2 Å². The first-order chi connectivity index (χ1) is 16.0. The average molecular weight is 467 g/mol. The second kappa shape index (κ2) is 10.2. The first kappa shape index (κ1) is 25.2. The van der Waals surface area contributed by atoms with E-state index in [1.54, 1.807) is 12.1 Å². The summed E-state index contributed by atoms with van der Waals surface area (Å²) in [7, 11) is 1.52. The number of piperidine rings is 1. The molecule has 2 amide bonds. The SMILES string of the molecule is Cc1cc(C)c(NC(=O)CN(C)C(=O)c2ccc(N3CC(C)CC(C)C3)c([N+](=O)[O-])c2)c(C)c1. The highest BCUT2D eigenvalue weighted by molar-refractivity contribution is 6.00. The van der Waals surface area contributed by atoms with Crippen molar-refractivity contribution in [3.63, 3.8) is 0 Å². The van der Waals surface area contributed by atoms with Crippen LogP contribution in [0.1, 0.15) is 47.3 Å². The molecule has 2 unspecified atom stereocenters. The van der Waals surface area contributed by atoms with Gasteiger partial charge in [-0.1, -0.05) is 31.5 Å². The molecule has 8 nitrogen and oxygen atoms in total. The zero-order valence-corrected chi connectivity index (χ0v) is 20.8. The Labute approximate surface area is 201 Å². The van der Waals surface area contributed by atoms with Crippen LogP contribution in [0.15, 0.2) is 30.3 Å². The van der Waals surface area contributed by atoms with Crippen molar-refractivity contribution in [2.75, 3.05) is 36.9 Å². The molecule has 2 atom stereocenters. The molecule has 0 spiro atoms. The Morgan fingerprint density at radius 1 is 1.09 bits per heavy atom. The molecular formula is C26H34N4O4. The van der Waals surface area contributed by atoms with Gasteiger partial charge in [0.1, 0.15) is 5.69 Å². The van der Waals surface area contributed by atoms with E-state index in [1.807, 2.05) is 37.8 Å². The maximum absolute atomic E-state index is 13.0. The van der Waals surface area contributed by atoms with Gasteiger partial charge in [0.2, 0.25) is 5.91 Å². The first-order valence-electron chi connectivity index (χ1n) is 11.6.